The molecule has 0 aromatic heterocycles. The Bertz CT molecular complexity index is 922. The fourth-order valence-electron chi connectivity index (χ4n) is 3.93. The molecule has 0 spiro atoms. The van der Waals surface area contributed by atoms with E-state index in [2.05, 4.69) is 10.6 Å². The number of β-amino-alcohol motifs (C(OH)–C–C–N with tert-alkyl or cyclic N) is 1. The van der Waals surface area contributed by atoms with Crippen LogP contribution in [0.4, 0.5) is 0 Å². The van der Waals surface area contributed by atoms with Crippen LogP contribution in [-0.2, 0) is 20.9 Å². The Kier molecular flexibility index (Phi) is 9.54. The molecule has 1 saturated heterocycles. The fourth-order valence-corrected chi connectivity index (χ4v) is 4.62. The number of likely N-dealkylation sites (tertiary alicyclic amines) is 1. The number of hydrogen-bond acceptors (Lipinski definition) is 7. The SMILES string of the molecule is CS/C(=C(/C)N)c1ccc(CNC(=O)[C@@H]2C[C@@H](O)CN2C(=O)[C@@H](NC(=O)CN)C(C)(C)C)cc1. The van der Waals surface area contributed by atoms with Gasteiger partial charge in [-0.2, -0.15) is 0 Å². The number of amides is 3. The smallest absolute Gasteiger partial charge is 0.246 e. The van der Waals surface area contributed by atoms with Crippen LogP contribution in [0.3, 0.4) is 0 Å². The minimum Gasteiger partial charge on any atom is -0.401 e. The van der Waals surface area contributed by atoms with Gasteiger partial charge in [-0.05, 0) is 29.7 Å². The number of benzene rings is 1. The van der Waals surface area contributed by atoms with Gasteiger partial charge in [0.05, 0.1) is 12.6 Å². The highest BCUT2D eigenvalue weighted by Crippen LogP contribution is 2.28. The largest absolute Gasteiger partial charge is 0.401 e. The van der Waals surface area contributed by atoms with Crippen molar-refractivity contribution in [3.05, 3.63) is 41.1 Å². The Morgan fingerprint density at radius 2 is 1.85 bits per heavy atom. The van der Waals surface area contributed by atoms with Crippen LogP contribution in [0.15, 0.2) is 30.0 Å². The van der Waals surface area contributed by atoms with Crippen LogP contribution in [0, 0.1) is 5.41 Å². The minimum absolute atomic E-state index is 0.0267. The summed E-state index contributed by atoms with van der Waals surface area (Å²) >= 11 is 1.57. The Labute approximate surface area is 205 Å². The zero-order valence-electron chi connectivity index (χ0n) is 20.6. The first-order valence-corrected chi connectivity index (χ1v) is 12.5. The minimum atomic E-state index is -0.874. The van der Waals surface area contributed by atoms with E-state index in [1.54, 1.807) is 11.8 Å². The van der Waals surface area contributed by atoms with Crippen molar-refractivity contribution < 1.29 is 19.5 Å². The number of rotatable bonds is 8. The molecule has 7 N–H and O–H groups in total. The summed E-state index contributed by atoms with van der Waals surface area (Å²) in [5, 5.41) is 15.7. The van der Waals surface area contributed by atoms with Gasteiger partial charge in [-0.15, -0.1) is 11.8 Å². The number of hydrogen-bond donors (Lipinski definition) is 5. The summed E-state index contributed by atoms with van der Waals surface area (Å²) in [6, 6.07) is 6.03. The summed E-state index contributed by atoms with van der Waals surface area (Å²) in [7, 11) is 0. The van der Waals surface area contributed by atoms with Gasteiger partial charge in [0.25, 0.3) is 0 Å². The van der Waals surface area contributed by atoms with Gasteiger partial charge in [0.15, 0.2) is 0 Å². The van der Waals surface area contributed by atoms with Crippen molar-refractivity contribution in [1.82, 2.24) is 15.5 Å². The average molecular weight is 492 g/mol. The molecule has 10 heteroatoms. The maximum atomic E-state index is 13.3. The maximum Gasteiger partial charge on any atom is 0.246 e. The maximum absolute atomic E-state index is 13.3. The Balaban J connectivity index is 2.11. The third-order valence-electron chi connectivity index (χ3n) is 5.71. The van der Waals surface area contributed by atoms with Gasteiger partial charge in [-0.25, -0.2) is 0 Å². The van der Waals surface area contributed by atoms with E-state index in [0.29, 0.717) is 0 Å². The predicted octanol–water partition coefficient (Wildman–Crippen LogP) is 0.764. The molecular formula is C24H37N5O4S. The molecule has 1 fully saturated rings. The lowest BCUT2D eigenvalue weighted by Gasteiger charge is -2.35. The first kappa shape index (κ1) is 27.7. The highest BCUT2D eigenvalue weighted by molar-refractivity contribution is 8.07. The zero-order chi connectivity index (χ0) is 25.6. The Morgan fingerprint density at radius 3 is 2.35 bits per heavy atom. The predicted molar refractivity (Wildman–Crippen MR) is 135 cm³/mol. The summed E-state index contributed by atoms with van der Waals surface area (Å²) in [5.41, 5.74) is 13.4. The van der Waals surface area contributed by atoms with E-state index in [-0.39, 0.29) is 32.0 Å². The molecule has 1 aromatic rings. The molecular weight excluding hydrogens is 454 g/mol. The molecule has 1 heterocycles. The number of thioether (sulfide) groups is 1. The normalized spacial score (nSPS) is 19.9. The highest BCUT2D eigenvalue weighted by atomic mass is 32.2. The van der Waals surface area contributed by atoms with Gasteiger partial charge in [0.1, 0.15) is 12.1 Å². The Morgan fingerprint density at radius 1 is 1.24 bits per heavy atom. The van der Waals surface area contributed by atoms with E-state index in [1.165, 1.54) is 4.90 Å². The monoisotopic (exact) mass is 491 g/mol. The molecule has 188 valence electrons. The van der Waals surface area contributed by atoms with Gasteiger partial charge < -0.3 is 32.1 Å². The van der Waals surface area contributed by atoms with Crippen LogP contribution in [0.1, 0.15) is 45.2 Å². The lowest BCUT2D eigenvalue weighted by Crippen LogP contribution is -2.58. The van der Waals surface area contributed by atoms with Crippen LogP contribution in [0.5, 0.6) is 0 Å². The molecule has 1 aliphatic heterocycles. The average Bonchev–Trinajstić information content (AvgIpc) is 3.17. The second-order valence-electron chi connectivity index (χ2n) is 9.60. The topological polar surface area (TPSA) is 151 Å². The number of carbonyl (C=O) groups excluding carboxylic acids is 3. The number of nitrogens with one attached hydrogen (secondary N) is 2. The van der Waals surface area contributed by atoms with Crippen LogP contribution in [-0.4, -0.2) is 65.3 Å². The summed E-state index contributed by atoms with van der Waals surface area (Å²) in [6.07, 6.45) is 1.28. The van der Waals surface area contributed by atoms with Crippen LogP contribution in [0.2, 0.25) is 0 Å². The second-order valence-corrected chi connectivity index (χ2v) is 10.4. The van der Waals surface area contributed by atoms with E-state index in [1.807, 2.05) is 58.2 Å². The second kappa shape index (κ2) is 11.7. The van der Waals surface area contributed by atoms with Crippen molar-refractivity contribution in [2.45, 2.75) is 58.8 Å². The summed E-state index contributed by atoms with van der Waals surface area (Å²) in [5.74, 6) is -1.22. The molecule has 9 nitrogen and oxygen atoms in total. The fraction of sp³-hybridized carbons (Fsp3) is 0.542. The molecule has 0 aliphatic carbocycles. The molecule has 0 saturated carbocycles. The van der Waals surface area contributed by atoms with E-state index in [9.17, 15) is 19.5 Å². The standard InChI is InChI=1S/C24H37N5O4S/c1-14(26)20(34-5)16-8-6-15(7-9-16)12-27-22(32)18-10-17(30)13-29(18)23(33)21(24(2,3)4)28-19(31)11-25/h6-9,17-18,21,30H,10-13,25-26H2,1-5H3,(H,27,32)(H,28,31)/b20-14-/t17-,18+,21-/m1/s1. The number of nitrogens with zero attached hydrogens (tertiary/aromatic N) is 1. The molecule has 3 atom stereocenters. The number of carbonyl (C=O) groups is 3. The van der Waals surface area contributed by atoms with Crippen molar-refractivity contribution in [3.8, 4) is 0 Å². The number of nitrogens with two attached hydrogens (primary N) is 2. The number of aliphatic hydroxyl groups is 1. The van der Waals surface area contributed by atoms with Gasteiger partial charge in [0.2, 0.25) is 17.7 Å². The number of allylic oxidation sites excluding steroid dienone is 1. The van der Waals surface area contributed by atoms with Crippen molar-refractivity contribution >= 4 is 34.4 Å². The molecule has 3 amide bonds. The van der Waals surface area contributed by atoms with Crippen molar-refractivity contribution in [2.24, 2.45) is 16.9 Å². The van der Waals surface area contributed by atoms with E-state index in [0.717, 1.165) is 21.7 Å². The molecule has 34 heavy (non-hydrogen) atoms. The zero-order valence-corrected chi connectivity index (χ0v) is 21.4. The van der Waals surface area contributed by atoms with Crippen LogP contribution >= 0.6 is 11.8 Å². The number of aliphatic hydroxyl groups excluding tert-OH is 1. The lowest BCUT2D eigenvalue weighted by molar-refractivity contribution is -0.143. The van der Waals surface area contributed by atoms with Gasteiger partial charge in [0, 0.05) is 30.1 Å². The lowest BCUT2D eigenvalue weighted by atomic mass is 9.85. The van der Waals surface area contributed by atoms with Crippen molar-refractivity contribution in [2.75, 3.05) is 19.3 Å². The third kappa shape index (κ3) is 6.97. The van der Waals surface area contributed by atoms with Crippen molar-refractivity contribution in [1.29, 1.82) is 0 Å². The third-order valence-corrected chi connectivity index (χ3v) is 6.68. The molecule has 2 rings (SSSR count). The summed E-state index contributed by atoms with van der Waals surface area (Å²) < 4.78 is 0. The summed E-state index contributed by atoms with van der Waals surface area (Å²) in [4.78, 5) is 40.6. The molecule has 0 bridgehead atoms. The van der Waals surface area contributed by atoms with Crippen LogP contribution in [0.25, 0.3) is 4.91 Å². The highest BCUT2D eigenvalue weighted by Gasteiger charge is 2.44. The van der Waals surface area contributed by atoms with Gasteiger partial charge in [-0.3, -0.25) is 14.4 Å². The summed E-state index contributed by atoms with van der Waals surface area (Å²) in [6.45, 7) is 7.38. The first-order chi connectivity index (χ1) is 15.9. The van der Waals surface area contributed by atoms with E-state index in [4.69, 9.17) is 11.5 Å². The van der Waals surface area contributed by atoms with Gasteiger partial charge in [-0.1, -0.05) is 45.0 Å². The quantitative estimate of drug-likeness (QED) is 0.360. The molecule has 1 aromatic carbocycles. The van der Waals surface area contributed by atoms with Gasteiger partial charge >= 0.3 is 0 Å². The molecule has 1 aliphatic rings. The Hall–Kier alpha value is -2.56. The molecule has 0 unspecified atom stereocenters. The van der Waals surface area contributed by atoms with Crippen LogP contribution < -0.4 is 22.1 Å². The van der Waals surface area contributed by atoms with E-state index >= 15 is 0 Å². The van der Waals surface area contributed by atoms with E-state index < -0.39 is 35.4 Å². The molecule has 0 radical (unpaired) electrons. The first-order valence-electron chi connectivity index (χ1n) is 11.2. The van der Waals surface area contributed by atoms with Crippen molar-refractivity contribution in [3.63, 3.8) is 0 Å².